The molecule has 0 aromatic heterocycles. The number of hydrogen-bond donors (Lipinski definition) is 1. The minimum atomic E-state index is 0.688. The summed E-state index contributed by atoms with van der Waals surface area (Å²) in [6.07, 6.45) is 0. The van der Waals surface area contributed by atoms with Gasteiger partial charge in [0.2, 0.25) is 0 Å². The summed E-state index contributed by atoms with van der Waals surface area (Å²) in [5.41, 5.74) is 6.72. The molecule has 0 saturated carbocycles. The molecule has 0 aliphatic rings. The van der Waals surface area contributed by atoms with Gasteiger partial charge in [-0.1, -0.05) is 18.2 Å². The largest absolute Gasteiger partial charge is 0.494 e. The molecule has 0 bridgehead atoms. The van der Waals surface area contributed by atoms with E-state index in [2.05, 4.69) is 18.0 Å². The van der Waals surface area contributed by atoms with Crippen molar-refractivity contribution in [2.45, 2.75) is 13.5 Å². The van der Waals surface area contributed by atoms with Crippen LogP contribution in [0.2, 0.25) is 0 Å². The Labute approximate surface area is 91.8 Å². The van der Waals surface area contributed by atoms with Crippen LogP contribution in [0.25, 0.3) is 0 Å². The zero-order valence-electron chi connectivity index (χ0n) is 9.57. The van der Waals surface area contributed by atoms with Gasteiger partial charge in [0.25, 0.3) is 0 Å². The number of nitrogens with two attached hydrogens (primary N) is 1. The maximum atomic E-state index is 5.56. The van der Waals surface area contributed by atoms with Crippen LogP contribution in [0.5, 0.6) is 5.75 Å². The van der Waals surface area contributed by atoms with Crippen LogP contribution in [-0.4, -0.2) is 31.6 Å². The molecule has 3 nitrogen and oxygen atoms in total. The van der Waals surface area contributed by atoms with Gasteiger partial charge in [0.15, 0.2) is 0 Å². The highest BCUT2D eigenvalue weighted by atomic mass is 16.5. The summed E-state index contributed by atoms with van der Waals surface area (Å²) in [6, 6.07) is 8.14. The summed E-state index contributed by atoms with van der Waals surface area (Å²) in [4.78, 5) is 2.19. The van der Waals surface area contributed by atoms with Gasteiger partial charge in [-0.05, 0) is 20.0 Å². The molecule has 0 unspecified atom stereocenters. The molecular weight excluding hydrogens is 188 g/mol. The van der Waals surface area contributed by atoms with Crippen LogP contribution in [-0.2, 0) is 6.54 Å². The maximum Gasteiger partial charge on any atom is 0.123 e. The van der Waals surface area contributed by atoms with Gasteiger partial charge in [0.05, 0.1) is 6.61 Å². The van der Waals surface area contributed by atoms with Crippen molar-refractivity contribution in [2.75, 3.05) is 26.7 Å². The van der Waals surface area contributed by atoms with Crippen molar-refractivity contribution in [2.24, 2.45) is 5.73 Å². The van der Waals surface area contributed by atoms with E-state index >= 15 is 0 Å². The van der Waals surface area contributed by atoms with Gasteiger partial charge < -0.3 is 15.4 Å². The lowest BCUT2D eigenvalue weighted by molar-refractivity contribution is 0.307. The van der Waals surface area contributed by atoms with Crippen LogP contribution in [0.15, 0.2) is 24.3 Å². The average Bonchev–Trinajstić information content (AvgIpc) is 2.21. The molecule has 0 saturated heterocycles. The quantitative estimate of drug-likeness (QED) is 0.769. The molecule has 3 heteroatoms. The Kier molecular flexibility index (Phi) is 5.15. The third-order valence-electron chi connectivity index (χ3n) is 2.22. The number of hydrogen-bond acceptors (Lipinski definition) is 3. The zero-order chi connectivity index (χ0) is 11.1. The summed E-state index contributed by atoms with van der Waals surface area (Å²) >= 11 is 0. The lowest BCUT2D eigenvalue weighted by Gasteiger charge is -2.17. The van der Waals surface area contributed by atoms with E-state index in [0.717, 1.165) is 18.8 Å². The second kappa shape index (κ2) is 6.43. The van der Waals surface area contributed by atoms with E-state index in [4.69, 9.17) is 10.5 Å². The molecule has 0 aliphatic heterocycles. The van der Waals surface area contributed by atoms with Crippen molar-refractivity contribution in [3.63, 3.8) is 0 Å². The molecule has 1 aromatic carbocycles. The van der Waals surface area contributed by atoms with E-state index in [-0.39, 0.29) is 0 Å². The minimum absolute atomic E-state index is 0.688. The van der Waals surface area contributed by atoms with E-state index in [9.17, 15) is 0 Å². The van der Waals surface area contributed by atoms with Crippen molar-refractivity contribution in [3.05, 3.63) is 29.8 Å². The van der Waals surface area contributed by atoms with E-state index in [1.165, 1.54) is 5.56 Å². The predicted molar refractivity (Wildman–Crippen MR) is 63.0 cm³/mol. The van der Waals surface area contributed by atoms with Gasteiger partial charge in [-0.15, -0.1) is 0 Å². The molecule has 0 aliphatic carbocycles. The maximum absolute atomic E-state index is 5.56. The first kappa shape index (κ1) is 12.0. The SMILES string of the molecule is CCOc1ccccc1CN(C)CCN. The van der Waals surface area contributed by atoms with Gasteiger partial charge in [-0.2, -0.15) is 0 Å². The molecule has 84 valence electrons. The van der Waals surface area contributed by atoms with Crippen molar-refractivity contribution in [3.8, 4) is 5.75 Å². The third kappa shape index (κ3) is 3.90. The minimum Gasteiger partial charge on any atom is -0.494 e. The Morgan fingerprint density at radius 1 is 1.33 bits per heavy atom. The molecular formula is C12H20N2O. The molecule has 0 heterocycles. The Balaban J connectivity index is 2.66. The smallest absolute Gasteiger partial charge is 0.123 e. The monoisotopic (exact) mass is 208 g/mol. The Hall–Kier alpha value is -1.06. The highest BCUT2D eigenvalue weighted by Gasteiger charge is 2.04. The Morgan fingerprint density at radius 3 is 2.73 bits per heavy atom. The highest BCUT2D eigenvalue weighted by molar-refractivity contribution is 5.33. The van der Waals surface area contributed by atoms with Gasteiger partial charge in [-0.25, -0.2) is 0 Å². The molecule has 15 heavy (non-hydrogen) atoms. The van der Waals surface area contributed by atoms with E-state index in [1.807, 2.05) is 25.1 Å². The molecule has 0 amide bonds. The fourth-order valence-electron chi connectivity index (χ4n) is 1.52. The Morgan fingerprint density at radius 2 is 2.07 bits per heavy atom. The van der Waals surface area contributed by atoms with Gasteiger partial charge in [0, 0.05) is 25.2 Å². The summed E-state index contributed by atoms with van der Waals surface area (Å²) in [7, 11) is 2.07. The molecule has 0 fully saturated rings. The van der Waals surface area contributed by atoms with Crippen LogP contribution in [0.1, 0.15) is 12.5 Å². The summed E-state index contributed by atoms with van der Waals surface area (Å²) in [6.45, 7) is 5.18. The van der Waals surface area contributed by atoms with E-state index in [0.29, 0.717) is 13.2 Å². The van der Waals surface area contributed by atoms with Crippen LogP contribution in [0.3, 0.4) is 0 Å². The van der Waals surface area contributed by atoms with Crippen molar-refractivity contribution in [1.29, 1.82) is 0 Å². The first-order valence-electron chi connectivity index (χ1n) is 5.37. The second-order valence-corrected chi connectivity index (χ2v) is 3.57. The van der Waals surface area contributed by atoms with E-state index in [1.54, 1.807) is 0 Å². The highest BCUT2D eigenvalue weighted by Crippen LogP contribution is 2.19. The number of benzene rings is 1. The summed E-state index contributed by atoms with van der Waals surface area (Å²) in [5.74, 6) is 0.976. The standard InChI is InChI=1S/C12H20N2O/c1-3-15-12-7-5-4-6-11(12)10-14(2)9-8-13/h4-7H,3,8-10,13H2,1-2H3. The number of likely N-dealkylation sites (N-methyl/N-ethyl adjacent to an activating group) is 1. The lowest BCUT2D eigenvalue weighted by atomic mass is 10.2. The van der Waals surface area contributed by atoms with Gasteiger partial charge in [-0.3, -0.25) is 0 Å². The van der Waals surface area contributed by atoms with E-state index < -0.39 is 0 Å². The lowest BCUT2D eigenvalue weighted by Crippen LogP contribution is -2.25. The predicted octanol–water partition coefficient (Wildman–Crippen LogP) is 1.48. The zero-order valence-corrected chi connectivity index (χ0v) is 9.57. The third-order valence-corrected chi connectivity index (χ3v) is 2.22. The first-order chi connectivity index (χ1) is 7.27. The Bertz CT molecular complexity index is 289. The van der Waals surface area contributed by atoms with Crippen LogP contribution >= 0.6 is 0 Å². The summed E-state index contributed by atoms with van der Waals surface area (Å²) in [5, 5.41) is 0. The first-order valence-corrected chi connectivity index (χ1v) is 5.37. The van der Waals surface area contributed by atoms with Gasteiger partial charge in [0.1, 0.15) is 5.75 Å². The summed E-state index contributed by atoms with van der Waals surface area (Å²) < 4.78 is 5.56. The molecule has 0 atom stereocenters. The molecule has 1 rings (SSSR count). The number of rotatable bonds is 6. The fourth-order valence-corrected chi connectivity index (χ4v) is 1.52. The molecule has 1 aromatic rings. The second-order valence-electron chi connectivity index (χ2n) is 3.57. The number of para-hydroxylation sites is 1. The van der Waals surface area contributed by atoms with Crippen molar-refractivity contribution >= 4 is 0 Å². The van der Waals surface area contributed by atoms with Crippen LogP contribution in [0.4, 0.5) is 0 Å². The molecule has 2 N–H and O–H groups in total. The van der Waals surface area contributed by atoms with Crippen LogP contribution in [0, 0.1) is 0 Å². The van der Waals surface area contributed by atoms with Gasteiger partial charge >= 0.3 is 0 Å². The number of ether oxygens (including phenoxy) is 1. The molecule has 0 spiro atoms. The molecule has 0 radical (unpaired) electrons. The number of nitrogens with zero attached hydrogens (tertiary/aromatic N) is 1. The normalized spacial score (nSPS) is 10.7. The average molecular weight is 208 g/mol. The van der Waals surface area contributed by atoms with Crippen LogP contribution < -0.4 is 10.5 Å². The van der Waals surface area contributed by atoms with Crippen molar-refractivity contribution < 1.29 is 4.74 Å². The topological polar surface area (TPSA) is 38.5 Å². The van der Waals surface area contributed by atoms with Crippen molar-refractivity contribution in [1.82, 2.24) is 4.90 Å². The fraction of sp³-hybridized carbons (Fsp3) is 0.500.